The molecule has 0 radical (unpaired) electrons. The van der Waals surface area contributed by atoms with Crippen LogP contribution in [0.4, 0.5) is 0 Å². The van der Waals surface area contributed by atoms with E-state index in [1.807, 2.05) is 0 Å². The summed E-state index contributed by atoms with van der Waals surface area (Å²) in [5.41, 5.74) is 4.99. The molecule has 2 unspecified atom stereocenters. The number of hydrogen-bond donors (Lipinski definition) is 0. The van der Waals surface area contributed by atoms with Crippen LogP contribution in [0.3, 0.4) is 0 Å². The van der Waals surface area contributed by atoms with Gasteiger partial charge in [-0.3, -0.25) is 0 Å². The molecule has 0 saturated carbocycles. The molecule has 3 aromatic carbocycles. The summed E-state index contributed by atoms with van der Waals surface area (Å²) in [7, 11) is -12.3. The second kappa shape index (κ2) is 16.0. The molecule has 0 aliphatic carbocycles. The van der Waals surface area contributed by atoms with Crippen LogP contribution in [0.5, 0.6) is 11.5 Å². The van der Waals surface area contributed by atoms with E-state index in [-0.39, 0.29) is 0 Å². The molecule has 0 amide bonds. The molecule has 9 aliphatic heterocycles. The lowest BCUT2D eigenvalue weighted by atomic mass is 10.1. The third kappa shape index (κ3) is 6.91. The van der Waals surface area contributed by atoms with Crippen LogP contribution in [0.1, 0.15) is 99.3 Å². The van der Waals surface area contributed by atoms with Gasteiger partial charge in [-0.05, 0) is 74.6 Å². The topological polar surface area (TPSA) is 87.3 Å². The van der Waals surface area contributed by atoms with E-state index >= 15 is 0 Å². The molecule has 2 spiro atoms. The number of para-hydroxylation sites is 2. The monoisotopic (exact) mass is 860 g/mol. The van der Waals surface area contributed by atoms with Crippen LogP contribution in [-0.2, 0) is 26.2 Å². The van der Waals surface area contributed by atoms with Crippen LogP contribution >= 0.6 is 30.2 Å². The first kappa shape index (κ1) is 38.8. The van der Waals surface area contributed by atoms with Crippen molar-refractivity contribution in [2.45, 2.75) is 103 Å². The summed E-state index contributed by atoms with van der Waals surface area (Å²) >= 11 is 0. The highest BCUT2D eigenvalue weighted by atomic mass is 31.3. The highest BCUT2D eigenvalue weighted by Crippen LogP contribution is 2.84. The van der Waals surface area contributed by atoms with E-state index in [0.717, 1.165) is 128 Å². The van der Waals surface area contributed by atoms with Crippen molar-refractivity contribution in [2.75, 3.05) is 52.4 Å². The zero-order valence-corrected chi connectivity index (χ0v) is 37.6. The van der Waals surface area contributed by atoms with Crippen LogP contribution in [0, 0.1) is 0 Å². The van der Waals surface area contributed by atoms with Gasteiger partial charge in [0.25, 0.3) is 0 Å². The van der Waals surface area contributed by atoms with Crippen molar-refractivity contribution in [1.82, 2.24) is 28.0 Å². The molecule has 4 fully saturated rings. The molecule has 310 valence electrons. The minimum atomic E-state index is -3.24. The Balaban J connectivity index is 1.33. The molecule has 4 bridgehead atoms. The first-order chi connectivity index (χ1) is 28.5. The Morgan fingerprint density at radius 2 is 0.724 bits per heavy atom. The van der Waals surface area contributed by atoms with Gasteiger partial charge in [-0.1, -0.05) is 86.3 Å². The van der Waals surface area contributed by atoms with Gasteiger partial charge < -0.3 is 9.05 Å². The fraction of sp³-hybridized carbons (Fsp3) is 0.571. The average molecular weight is 861 g/mol. The predicted octanol–water partition coefficient (Wildman–Crippen LogP) is 12.2. The maximum absolute atomic E-state index is 7.82. The van der Waals surface area contributed by atoms with Crippen molar-refractivity contribution in [2.24, 2.45) is 18.1 Å². The van der Waals surface area contributed by atoms with Gasteiger partial charge >= 0.3 is 15.2 Å². The molecule has 0 N–H and O–H groups in total. The third-order valence-corrected chi connectivity index (χ3v) is 28.5. The Morgan fingerprint density at radius 1 is 0.362 bits per heavy atom. The number of nitrogens with zero attached hydrogens (tertiary/aromatic N) is 10. The molecule has 9 aliphatic rings. The first-order valence-corrected chi connectivity index (χ1v) is 28.6. The van der Waals surface area contributed by atoms with Crippen molar-refractivity contribution >= 4 is 30.2 Å². The van der Waals surface area contributed by atoms with E-state index < -0.39 is 30.2 Å². The Labute approximate surface area is 346 Å². The van der Waals surface area contributed by atoms with E-state index in [1.54, 1.807) is 0 Å². The summed E-state index contributed by atoms with van der Waals surface area (Å²) in [5.74, 6) is 1.86. The molecule has 4 saturated heterocycles. The van der Waals surface area contributed by atoms with Crippen LogP contribution in [0.25, 0.3) is 0 Å². The van der Waals surface area contributed by atoms with Gasteiger partial charge in [0.1, 0.15) is 11.5 Å². The lowest BCUT2D eigenvalue weighted by Gasteiger charge is -2.52. The van der Waals surface area contributed by atoms with Gasteiger partial charge in [-0.25, -0.2) is 28.0 Å². The minimum absolute atomic E-state index is 0.711. The molecular weight excluding hydrogens is 800 g/mol. The van der Waals surface area contributed by atoms with Crippen LogP contribution < -0.4 is 9.05 Å². The molecule has 16 heteroatoms. The number of hydrogen-bond acceptors (Lipinski definition) is 12. The molecule has 2 atom stereocenters. The molecule has 0 aromatic heterocycles. The van der Waals surface area contributed by atoms with Crippen molar-refractivity contribution in [1.29, 1.82) is 0 Å². The van der Waals surface area contributed by atoms with Crippen LogP contribution in [-0.4, -0.2) is 80.4 Å². The SMILES string of the molecule is c1cc2cc(c1)CN1Cc3ccccc3OP13=NP(N1CCCCC1)(N1CCCCC1)=NP1(=NP(N4CCCCC4)(N4CCCCC4)=N3)Oc3ccccc3CN1C2. The summed E-state index contributed by atoms with van der Waals surface area (Å²) in [6, 6.07) is 26.7. The van der Waals surface area contributed by atoms with Crippen LogP contribution in [0.2, 0.25) is 0 Å². The number of rotatable bonds is 4. The third-order valence-electron chi connectivity index (χ3n) is 13.3. The summed E-state index contributed by atoms with van der Waals surface area (Å²) in [5, 5.41) is 0. The minimum Gasteiger partial charge on any atom is -0.430 e. The van der Waals surface area contributed by atoms with E-state index in [9.17, 15) is 0 Å². The number of fused-ring (bicyclic) bond motifs is 4. The van der Waals surface area contributed by atoms with Gasteiger partial charge in [0, 0.05) is 89.7 Å². The Bertz CT molecular complexity index is 2060. The zero-order valence-electron chi connectivity index (χ0n) is 34.0. The van der Waals surface area contributed by atoms with E-state index in [0.29, 0.717) is 13.1 Å². The molecular formula is C42H60N10O2P4. The Morgan fingerprint density at radius 3 is 1.10 bits per heavy atom. The maximum atomic E-state index is 7.82. The van der Waals surface area contributed by atoms with Gasteiger partial charge in [0.2, 0.25) is 15.0 Å². The maximum Gasteiger partial charge on any atom is 0.334 e. The van der Waals surface area contributed by atoms with E-state index in [1.165, 1.54) is 47.9 Å². The second-order valence-corrected chi connectivity index (χ2v) is 28.2. The molecule has 3 aromatic rings. The largest absolute Gasteiger partial charge is 0.430 e. The summed E-state index contributed by atoms with van der Waals surface area (Å²) in [6.07, 6.45) is 14.2. The number of piperidine rings is 4. The normalized spacial score (nSPS) is 30.6. The summed E-state index contributed by atoms with van der Waals surface area (Å²) < 4.78 is 58.2. The highest BCUT2D eigenvalue weighted by Gasteiger charge is 2.54. The van der Waals surface area contributed by atoms with Gasteiger partial charge in [0.15, 0.2) is 0 Å². The van der Waals surface area contributed by atoms with Gasteiger partial charge in [0.05, 0.1) is 0 Å². The molecule has 58 heavy (non-hydrogen) atoms. The lowest BCUT2D eigenvalue weighted by molar-refractivity contribution is 0.298. The lowest BCUT2D eigenvalue weighted by Crippen LogP contribution is -2.40. The van der Waals surface area contributed by atoms with Crippen molar-refractivity contribution < 1.29 is 9.05 Å². The van der Waals surface area contributed by atoms with Crippen molar-refractivity contribution in [3.8, 4) is 11.5 Å². The summed E-state index contributed by atoms with van der Waals surface area (Å²) in [6.45, 7) is 10.7. The predicted molar refractivity (Wildman–Crippen MR) is 238 cm³/mol. The fourth-order valence-electron chi connectivity index (χ4n) is 10.3. The van der Waals surface area contributed by atoms with Gasteiger partial charge in [-0.15, -0.1) is 0 Å². The van der Waals surface area contributed by atoms with E-state index in [4.69, 9.17) is 27.1 Å². The number of benzene rings is 3. The van der Waals surface area contributed by atoms with Gasteiger partial charge in [-0.2, -0.15) is 18.1 Å². The first-order valence-electron chi connectivity index (χ1n) is 22.3. The molecule has 12 nitrogen and oxygen atoms in total. The second-order valence-electron chi connectivity index (χ2n) is 17.4. The smallest absolute Gasteiger partial charge is 0.334 e. The average Bonchev–Trinajstić information content (AvgIpc) is 3.27. The zero-order chi connectivity index (χ0) is 38.6. The Hall–Kier alpha value is -2.06. The van der Waals surface area contributed by atoms with E-state index in [2.05, 4.69) is 101 Å². The molecule has 12 rings (SSSR count). The Kier molecular flexibility index (Phi) is 10.7. The standard InChI is InChI=1S/C42H60N10O2P4/c1-9-24-47(25-10-1)55(48-26-11-2-12-27-48)43-57-45-56(49-28-13-3-14-29-49,50-30-15-4-16-31-50)46-58(44-55)52(36-40-21-6-8-23-42(40)54-58)34-38-19-17-18-37(32-38)33-51(57)35-39-20-5-7-22-41(39)53-57/h5-8,17-23,32H,1-4,9-16,24-31,33-36H2. The summed E-state index contributed by atoms with van der Waals surface area (Å²) in [4.78, 5) is 0. The van der Waals surface area contributed by atoms with Crippen molar-refractivity contribution in [3.63, 3.8) is 0 Å². The quantitative estimate of drug-likeness (QED) is 0.240. The fourth-order valence-corrected chi connectivity index (χ4v) is 29.7. The van der Waals surface area contributed by atoms with Crippen molar-refractivity contribution in [3.05, 3.63) is 95.1 Å². The molecule has 9 heterocycles. The highest BCUT2D eigenvalue weighted by molar-refractivity contribution is 7.82. The van der Waals surface area contributed by atoms with Crippen LogP contribution in [0.15, 0.2) is 90.9 Å².